The van der Waals surface area contributed by atoms with E-state index in [0.29, 0.717) is 22.2 Å². The predicted molar refractivity (Wildman–Crippen MR) is 97.4 cm³/mol. The van der Waals surface area contributed by atoms with Gasteiger partial charge in [0.25, 0.3) is 0 Å². The van der Waals surface area contributed by atoms with Gasteiger partial charge in [0.15, 0.2) is 11.5 Å². The van der Waals surface area contributed by atoms with Gasteiger partial charge in [0.05, 0.1) is 14.2 Å². The molecule has 2 aromatic rings. The minimum Gasteiger partial charge on any atom is -0.493 e. The molecule has 0 aromatic heterocycles. The lowest BCUT2D eigenvalue weighted by Gasteiger charge is -2.19. The number of carbonyl (C=O) groups is 1. The molecule has 0 spiro atoms. The van der Waals surface area contributed by atoms with Crippen molar-refractivity contribution in [3.05, 3.63) is 47.0 Å². The summed E-state index contributed by atoms with van der Waals surface area (Å²) in [5, 5.41) is 6.66. The minimum atomic E-state index is -0.433. The molecule has 0 saturated carbocycles. The van der Waals surface area contributed by atoms with Gasteiger partial charge in [0.1, 0.15) is 6.04 Å². The zero-order valence-corrected chi connectivity index (χ0v) is 14.9. The molecule has 0 radical (unpaired) electrons. The fraction of sp³-hybridized carbons (Fsp3) is 0.278. The van der Waals surface area contributed by atoms with Gasteiger partial charge in [0.2, 0.25) is 5.91 Å². The number of hydrogen-bond donors (Lipinski definition) is 2. The lowest BCUT2D eigenvalue weighted by Crippen LogP contribution is -2.32. The number of methoxy groups -OCH3 is 2. The zero-order chi connectivity index (χ0) is 17.7. The molecule has 1 amide bonds. The van der Waals surface area contributed by atoms with E-state index >= 15 is 0 Å². The van der Waals surface area contributed by atoms with Crippen molar-refractivity contribution in [1.82, 2.24) is 0 Å². The Balaban J connectivity index is 2.09. The lowest BCUT2D eigenvalue weighted by molar-refractivity contribution is -0.116. The molecule has 0 fully saturated rings. The highest BCUT2D eigenvalue weighted by Crippen LogP contribution is 2.33. The number of carbonyl (C=O) groups excluding carboxylic acids is 1. The van der Waals surface area contributed by atoms with Crippen LogP contribution < -0.4 is 20.1 Å². The van der Waals surface area contributed by atoms with Crippen LogP contribution in [0.15, 0.2) is 36.4 Å². The minimum absolute atomic E-state index is 0.147. The molecule has 1 atom stereocenters. The van der Waals surface area contributed by atoms with Crippen LogP contribution in [0.25, 0.3) is 0 Å². The van der Waals surface area contributed by atoms with Crippen LogP contribution in [0.3, 0.4) is 0 Å². The van der Waals surface area contributed by atoms with Crippen LogP contribution >= 0.6 is 11.6 Å². The Morgan fingerprint density at radius 1 is 1.08 bits per heavy atom. The summed E-state index contributed by atoms with van der Waals surface area (Å²) in [5.41, 5.74) is 2.47. The van der Waals surface area contributed by atoms with Crippen molar-refractivity contribution in [1.29, 1.82) is 0 Å². The van der Waals surface area contributed by atoms with Gasteiger partial charge in [-0.2, -0.15) is 0 Å². The Morgan fingerprint density at radius 3 is 2.25 bits per heavy atom. The molecule has 6 heteroatoms. The number of benzene rings is 2. The first kappa shape index (κ1) is 17.9. The van der Waals surface area contributed by atoms with Crippen molar-refractivity contribution >= 4 is 28.9 Å². The summed E-state index contributed by atoms with van der Waals surface area (Å²) >= 11 is 5.84. The summed E-state index contributed by atoms with van der Waals surface area (Å²) in [6.45, 7) is 3.73. The van der Waals surface area contributed by atoms with Gasteiger partial charge in [-0.3, -0.25) is 4.79 Å². The van der Waals surface area contributed by atoms with Gasteiger partial charge >= 0.3 is 0 Å². The first-order chi connectivity index (χ1) is 11.4. The number of amides is 1. The summed E-state index contributed by atoms with van der Waals surface area (Å²) in [6.07, 6.45) is 0. The van der Waals surface area contributed by atoms with Gasteiger partial charge in [-0.1, -0.05) is 11.6 Å². The van der Waals surface area contributed by atoms with E-state index in [0.717, 1.165) is 11.3 Å². The van der Waals surface area contributed by atoms with Crippen LogP contribution in [-0.2, 0) is 4.79 Å². The number of rotatable bonds is 6. The molecule has 2 rings (SSSR count). The molecule has 0 saturated heterocycles. The number of nitrogens with one attached hydrogen (secondary N) is 2. The van der Waals surface area contributed by atoms with Gasteiger partial charge < -0.3 is 20.1 Å². The van der Waals surface area contributed by atoms with E-state index in [-0.39, 0.29) is 5.91 Å². The highest BCUT2D eigenvalue weighted by molar-refractivity contribution is 6.30. The highest BCUT2D eigenvalue weighted by Gasteiger charge is 2.16. The Morgan fingerprint density at radius 2 is 1.67 bits per heavy atom. The average Bonchev–Trinajstić information content (AvgIpc) is 2.58. The maximum atomic E-state index is 12.3. The maximum Gasteiger partial charge on any atom is 0.246 e. The third-order valence-corrected chi connectivity index (χ3v) is 3.86. The number of halogens is 1. The second-order valence-electron chi connectivity index (χ2n) is 5.38. The Hall–Kier alpha value is -2.40. The second-order valence-corrected chi connectivity index (χ2v) is 5.82. The van der Waals surface area contributed by atoms with E-state index in [9.17, 15) is 4.79 Å². The molecule has 5 nitrogen and oxygen atoms in total. The third kappa shape index (κ3) is 4.32. The van der Waals surface area contributed by atoms with Gasteiger partial charge in [-0.05, 0) is 49.7 Å². The average molecular weight is 349 g/mol. The van der Waals surface area contributed by atoms with E-state index in [2.05, 4.69) is 10.6 Å². The molecule has 24 heavy (non-hydrogen) atoms. The van der Waals surface area contributed by atoms with Crippen molar-refractivity contribution in [3.8, 4) is 11.5 Å². The molecular formula is C18H21ClN2O3. The van der Waals surface area contributed by atoms with Crippen molar-refractivity contribution < 1.29 is 14.3 Å². The van der Waals surface area contributed by atoms with E-state index in [4.69, 9.17) is 21.1 Å². The largest absolute Gasteiger partial charge is 0.493 e. The van der Waals surface area contributed by atoms with Crippen molar-refractivity contribution in [3.63, 3.8) is 0 Å². The fourth-order valence-electron chi connectivity index (χ4n) is 2.22. The fourth-order valence-corrected chi connectivity index (χ4v) is 2.34. The van der Waals surface area contributed by atoms with Crippen LogP contribution in [0, 0.1) is 6.92 Å². The van der Waals surface area contributed by atoms with Crippen molar-refractivity contribution in [2.24, 2.45) is 0 Å². The molecule has 2 aromatic carbocycles. The summed E-state index contributed by atoms with van der Waals surface area (Å²) in [7, 11) is 3.17. The first-order valence-electron chi connectivity index (χ1n) is 7.50. The van der Waals surface area contributed by atoms with Crippen LogP contribution in [0.2, 0.25) is 5.02 Å². The SMILES string of the molecule is COc1cc(C)c(NC(C)C(=O)Nc2ccc(Cl)cc2)cc1OC. The smallest absolute Gasteiger partial charge is 0.246 e. The molecule has 0 aliphatic rings. The van der Waals surface area contributed by atoms with E-state index < -0.39 is 6.04 Å². The molecule has 0 bridgehead atoms. The van der Waals surface area contributed by atoms with Crippen LogP contribution in [0.4, 0.5) is 11.4 Å². The number of ether oxygens (including phenoxy) is 2. The summed E-state index contributed by atoms with van der Waals surface area (Å²) < 4.78 is 10.6. The molecule has 0 heterocycles. The number of aryl methyl sites for hydroxylation is 1. The zero-order valence-electron chi connectivity index (χ0n) is 14.1. The molecular weight excluding hydrogens is 328 g/mol. The third-order valence-electron chi connectivity index (χ3n) is 3.61. The molecule has 128 valence electrons. The predicted octanol–water partition coefficient (Wildman–Crippen LogP) is 4.10. The van der Waals surface area contributed by atoms with Crippen LogP contribution in [0.1, 0.15) is 12.5 Å². The summed E-state index contributed by atoms with van der Waals surface area (Å²) in [5.74, 6) is 1.11. The van der Waals surface area contributed by atoms with E-state index in [1.54, 1.807) is 45.4 Å². The maximum absolute atomic E-state index is 12.3. The molecule has 0 aliphatic carbocycles. The van der Waals surface area contributed by atoms with Gasteiger partial charge in [0, 0.05) is 22.5 Å². The second kappa shape index (κ2) is 7.93. The van der Waals surface area contributed by atoms with Crippen LogP contribution in [0.5, 0.6) is 11.5 Å². The van der Waals surface area contributed by atoms with Gasteiger partial charge in [-0.25, -0.2) is 0 Å². The number of hydrogen-bond acceptors (Lipinski definition) is 4. The van der Waals surface area contributed by atoms with E-state index in [1.807, 2.05) is 19.1 Å². The quantitative estimate of drug-likeness (QED) is 0.825. The molecule has 2 N–H and O–H groups in total. The Bertz CT molecular complexity index is 717. The monoisotopic (exact) mass is 348 g/mol. The number of anilines is 2. The highest BCUT2D eigenvalue weighted by atomic mass is 35.5. The topological polar surface area (TPSA) is 59.6 Å². The molecule has 0 aliphatic heterocycles. The lowest BCUT2D eigenvalue weighted by atomic mass is 10.1. The summed E-state index contributed by atoms with van der Waals surface area (Å²) in [4.78, 5) is 12.3. The Kier molecular flexibility index (Phi) is 5.93. The van der Waals surface area contributed by atoms with Gasteiger partial charge in [-0.15, -0.1) is 0 Å². The van der Waals surface area contributed by atoms with Crippen LogP contribution in [-0.4, -0.2) is 26.2 Å². The van der Waals surface area contributed by atoms with Crippen molar-refractivity contribution in [2.75, 3.05) is 24.9 Å². The van der Waals surface area contributed by atoms with Crippen molar-refractivity contribution in [2.45, 2.75) is 19.9 Å². The Labute approximate surface area is 146 Å². The first-order valence-corrected chi connectivity index (χ1v) is 7.88. The van der Waals surface area contributed by atoms with E-state index in [1.165, 1.54) is 0 Å². The summed E-state index contributed by atoms with van der Waals surface area (Å²) in [6, 6.07) is 10.2. The molecule has 1 unspecified atom stereocenters. The standard InChI is InChI=1S/C18H21ClN2O3/c1-11-9-16(23-3)17(24-4)10-15(11)20-12(2)18(22)21-14-7-5-13(19)6-8-14/h5-10,12,20H,1-4H3,(H,21,22). The normalized spacial score (nSPS) is 11.5.